The molecule has 26 heteroatoms. The number of nitrogens with one attached hydrogen (secondary N) is 1. The first-order valence-electron chi connectivity index (χ1n) is 20.8. The Kier molecular flexibility index (Phi) is 18.2. The lowest BCUT2D eigenvalue weighted by Crippen LogP contribution is -2.12. The van der Waals surface area contributed by atoms with E-state index in [2.05, 4.69) is 57.6 Å². The van der Waals surface area contributed by atoms with Crippen molar-refractivity contribution in [3.63, 3.8) is 0 Å². The third kappa shape index (κ3) is 15.6. The van der Waals surface area contributed by atoms with Crippen LogP contribution in [0.1, 0.15) is 53.7 Å². The number of nitrogens with zero attached hydrogens (tertiary/aromatic N) is 7. The molecule has 1 heterocycles. The number of anilines is 1. The van der Waals surface area contributed by atoms with Crippen LogP contribution in [0.4, 0.5) is 28.7 Å². The van der Waals surface area contributed by atoms with E-state index in [-0.39, 0.29) is 78.6 Å². The summed E-state index contributed by atoms with van der Waals surface area (Å²) in [6.07, 6.45) is 0.734. The number of azo groups is 2. The minimum atomic E-state index is -4.68. The fourth-order valence-corrected chi connectivity index (χ4v) is 8.91. The lowest BCUT2D eigenvalue weighted by atomic mass is 10.1. The Balaban J connectivity index is 1.38. The molecule has 6 aromatic rings. The van der Waals surface area contributed by atoms with Crippen LogP contribution in [0.25, 0.3) is 0 Å². The van der Waals surface area contributed by atoms with Gasteiger partial charge >= 0.3 is 0 Å². The van der Waals surface area contributed by atoms with Crippen LogP contribution in [0.15, 0.2) is 130 Å². The topological polar surface area (TPSA) is 311 Å². The minimum absolute atomic E-state index is 0.00535. The molecule has 0 spiro atoms. The molecule has 0 unspecified atom stereocenters. The maximum absolute atomic E-state index is 12.0. The summed E-state index contributed by atoms with van der Waals surface area (Å²) < 4.78 is 117. The van der Waals surface area contributed by atoms with E-state index < -0.39 is 41.0 Å². The summed E-state index contributed by atoms with van der Waals surface area (Å²) in [7, 11) is -12.2. The number of halogens is 2. The average molecular weight is 1150 g/mol. The molecular weight excluding hydrogens is 1100 g/mol. The number of methoxy groups -OCH3 is 1. The van der Waals surface area contributed by atoms with Gasteiger partial charge in [-0.05, 0) is 110 Å². The molecule has 5 aromatic carbocycles. The molecule has 370 valence electrons. The fourth-order valence-electron chi connectivity index (χ4n) is 6.33. The van der Waals surface area contributed by atoms with Crippen molar-refractivity contribution in [2.75, 3.05) is 31.4 Å². The van der Waals surface area contributed by atoms with E-state index >= 15 is 0 Å². The van der Waals surface area contributed by atoms with Gasteiger partial charge in [0.2, 0.25) is 5.95 Å². The molecule has 0 radical (unpaired) electrons. The molecule has 70 heavy (non-hydrogen) atoms. The quantitative estimate of drug-likeness (QED) is 0.0226. The predicted molar refractivity (Wildman–Crippen MR) is 263 cm³/mol. The van der Waals surface area contributed by atoms with E-state index in [9.17, 15) is 44.0 Å². The van der Waals surface area contributed by atoms with Crippen LogP contribution >= 0.6 is 31.9 Å². The second-order valence-corrected chi connectivity index (χ2v) is 21.1. The van der Waals surface area contributed by atoms with Gasteiger partial charge < -0.3 is 24.6 Å². The van der Waals surface area contributed by atoms with E-state index in [1.54, 1.807) is 36.4 Å². The molecule has 0 atom stereocenters. The van der Waals surface area contributed by atoms with Crippen LogP contribution in [0.3, 0.4) is 0 Å². The smallest absolute Gasteiger partial charge is 0.298 e. The lowest BCUT2D eigenvalue weighted by molar-refractivity contribution is 0.282. The third-order valence-electron chi connectivity index (χ3n) is 9.71. The zero-order chi connectivity index (χ0) is 50.6. The second kappa shape index (κ2) is 23.8. The molecule has 21 nitrogen and oxygen atoms in total. The molecule has 0 aliphatic carbocycles. The first-order valence-corrected chi connectivity index (χ1v) is 26.9. The van der Waals surface area contributed by atoms with Crippen LogP contribution in [0.2, 0.25) is 0 Å². The Hall–Kier alpha value is -5.84. The lowest BCUT2D eigenvalue weighted by Gasteiger charge is -2.15. The number of rotatable bonds is 23. The fraction of sp³-hybridized carbons (Fsp3) is 0.250. The van der Waals surface area contributed by atoms with Gasteiger partial charge in [-0.3, -0.25) is 13.7 Å². The third-order valence-corrected chi connectivity index (χ3v) is 13.5. The van der Waals surface area contributed by atoms with E-state index in [4.69, 9.17) is 29.2 Å². The molecule has 0 fully saturated rings. The minimum Gasteiger partial charge on any atom is -0.495 e. The Morgan fingerprint density at radius 3 is 1.69 bits per heavy atom. The van der Waals surface area contributed by atoms with Crippen molar-refractivity contribution in [1.82, 2.24) is 15.0 Å². The first-order chi connectivity index (χ1) is 33.2. The molecular formula is C44H44Br2N8O13S3. The summed E-state index contributed by atoms with van der Waals surface area (Å²) in [5.41, 5.74) is 3.81. The Bertz CT molecular complexity index is 3240. The maximum Gasteiger partial charge on any atom is 0.298 e. The van der Waals surface area contributed by atoms with E-state index in [0.29, 0.717) is 61.6 Å². The first kappa shape index (κ1) is 53.5. The van der Waals surface area contributed by atoms with Crippen molar-refractivity contribution in [3.8, 4) is 17.2 Å². The van der Waals surface area contributed by atoms with Crippen LogP contribution in [0, 0.1) is 0 Å². The molecule has 0 aliphatic heterocycles. The number of aromatic nitrogens is 3. The van der Waals surface area contributed by atoms with Crippen molar-refractivity contribution >= 4 is 90.9 Å². The van der Waals surface area contributed by atoms with Gasteiger partial charge in [-0.25, -0.2) is 4.98 Å². The van der Waals surface area contributed by atoms with Crippen molar-refractivity contribution in [2.24, 2.45) is 20.5 Å². The van der Waals surface area contributed by atoms with Gasteiger partial charge in [-0.1, -0.05) is 31.2 Å². The second-order valence-electron chi connectivity index (χ2n) is 15.0. The molecule has 1 aromatic heterocycles. The zero-order valence-corrected chi connectivity index (χ0v) is 42.7. The highest BCUT2D eigenvalue weighted by molar-refractivity contribution is 9.11. The van der Waals surface area contributed by atoms with Gasteiger partial charge in [-0.15, -0.1) is 10.2 Å². The normalized spacial score (nSPS) is 12.2. The number of aliphatic hydroxyl groups excluding tert-OH is 1. The van der Waals surface area contributed by atoms with Gasteiger partial charge in [0.15, 0.2) is 0 Å². The maximum atomic E-state index is 12.0. The van der Waals surface area contributed by atoms with Crippen LogP contribution in [0.5, 0.6) is 17.2 Å². The van der Waals surface area contributed by atoms with E-state index in [0.717, 1.165) is 11.6 Å². The molecule has 0 aliphatic rings. The van der Waals surface area contributed by atoms with Gasteiger partial charge in [0.1, 0.15) is 45.2 Å². The molecule has 0 amide bonds. The Morgan fingerprint density at radius 1 is 0.629 bits per heavy atom. The SMILES string of the molecule is CCCOc1cc(N=Nc2ccc(CO)cc2)c(Br)cc1Cc1nc(Cc2cc(Br)c(N=Nc3ccc(OC)c(S(=O)(=O)O)c3)cc2OCCCS(=O)(=O)O)nc(NCc2ccc(S(=O)(=O)O)cc2)n1. The number of aliphatic hydroxyl groups is 1. The van der Waals surface area contributed by atoms with Gasteiger partial charge in [0.25, 0.3) is 30.4 Å². The summed E-state index contributed by atoms with van der Waals surface area (Å²) in [6.45, 7) is 2.20. The summed E-state index contributed by atoms with van der Waals surface area (Å²) in [6, 6.07) is 23.0. The van der Waals surface area contributed by atoms with Gasteiger partial charge in [-0.2, -0.15) is 45.4 Å². The number of ether oxygens (including phenoxy) is 3. The van der Waals surface area contributed by atoms with Gasteiger partial charge in [0, 0.05) is 51.6 Å². The highest BCUT2D eigenvalue weighted by Gasteiger charge is 2.20. The number of hydrogen-bond donors (Lipinski definition) is 5. The van der Waals surface area contributed by atoms with Crippen molar-refractivity contribution in [3.05, 3.63) is 134 Å². The highest BCUT2D eigenvalue weighted by atomic mass is 79.9. The van der Waals surface area contributed by atoms with E-state index in [1.807, 2.05) is 13.0 Å². The standard InChI is InChI=1S/C44H44Br2N8O13S3/c1-3-15-66-39-23-36(53-51-31-9-5-28(26-55)6-10-31)34(45)18-29(39)20-42-48-43(50-44(49-42)47-25-27-7-12-33(13-8-27)69(59,60)61)21-30-19-35(46)37(24-40(30)67-16-4-17-68(56,57)58)54-52-32-11-14-38(65-2)41(22-32)70(62,63)64/h5-14,18-19,22-24,55H,3-4,15-17,20-21,25-26H2,1-2H3,(H,56,57,58)(H,59,60,61)(H,62,63,64)(H,47,48,49,50). The van der Waals surface area contributed by atoms with Crippen LogP contribution in [-0.2, 0) is 56.3 Å². The van der Waals surface area contributed by atoms with Crippen LogP contribution in [-0.4, -0.2) is 85.0 Å². The van der Waals surface area contributed by atoms with Crippen molar-refractivity contribution < 1.29 is 58.2 Å². The Morgan fingerprint density at radius 2 is 1.17 bits per heavy atom. The van der Waals surface area contributed by atoms with Crippen molar-refractivity contribution in [1.29, 1.82) is 0 Å². The van der Waals surface area contributed by atoms with Crippen LogP contribution < -0.4 is 19.5 Å². The van der Waals surface area contributed by atoms with E-state index in [1.165, 1.54) is 49.6 Å². The predicted octanol–water partition coefficient (Wildman–Crippen LogP) is 9.46. The highest BCUT2D eigenvalue weighted by Crippen LogP contribution is 2.38. The number of hydrogen-bond acceptors (Lipinski definition) is 18. The van der Waals surface area contributed by atoms with Crippen molar-refractivity contribution in [2.45, 2.75) is 55.5 Å². The molecule has 6 rings (SSSR count). The molecule has 0 bridgehead atoms. The Labute approximate surface area is 420 Å². The summed E-state index contributed by atoms with van der Waals surface area (Å²) in [5.74, 6) is 0.667. The molecule has 0 saturated heterocycles. The summed E-state index contributed by atoms with van der Waals surface area (Å²) >= 11 is 7.14. The monoisotopic (exact) mass is 1150 g/mol. The average Bonchev–Trinajstić information content (AvgIpc) is 3.31. The zero-order valence-electron chi connectivity index (χ0n) is 37.1. The number of benzene rings is 5. The largest absolute Gasteiger partial charge is 0.495 e. The summed E-state index contributed by atoms with van der Waals surface area (Å²) in [5, 5.41) is 29.7. The molecule has 5 N–H and O–H groups in total. The summed E-state index contributed by atoms with van der Waals surface area (Å²) in [4.78, 5) is 13.4. The van der Waals surface area contributed by atoms with Gasteiger partial charge in [0.05, 0.1) is 49.0 Å². The molecule has 0 saturated carbocycles.